The van der Waals surface area contributed by atoms with Gasteiger partial charge in [-0.05, 0) is 5.92 Å². The molecular formula is C7H15NO3. The zero-order valence-corrected chi connectivity index (χ0v) is 6.87. The molecule has 66 valence electrons. The molecule has 0 radical (unpaired) electrons. The average molecular weight is 161 g/mol. The van der Waals surface area contributed by atoms with Crippen molar-refractivity contribution in [1.29, 1.82) is 0 Å². The summed E-state index contributed by atoms with van der Waals surface area (Å²) >= 11 is 0. The molecule has 1 amide bonds. The standard InChI is InChI=1S/C7H15NO3/c1-3-5(2)6(4-9)8-7(10)11/h5-6,8-9H,3-4H2,1-2H3,(H,10,11)/t5?,6-/m1/s1. The highest BCUT2D eigenvalue weighted by Crippen LogP contribution is 2.06. The predicted molar refractivity (Wildman–Crippen MR) is 41.5 cm³/mol. The maximum Gasteiger partial charge on any atom is 0.404 e. The molecule has 0 saturated heterocycles. The van der Waals surface area contributed by atoms with Gasteiger partial charge in [0.2, 0.25) is 0 Å². The van der Waals surface area contributed by atoms with Crippen LogP contribution in [0.4, 0.5) is 4.79 Å². The molecule has 0 aromatic heterocycles. The predicted octanol–water partition coefficient (Wildman–Crippen LogP) is 0.661. The highest BCUT2D eigenvalue weighted by molar-refractivity contribution is 5.64. The van der Waals surface area contributed by atoms with Crippen molar-refractivity contribution in [3.05, 3.63) is 0 Å². The van der Waals surface area contributed by atoms with Crippen molar-refractivity contribution in [3.8, 4) is 0 Å². The van der Waals surface area contributed by atoms with E-state index in [0.29, 0.717) is 0 Å². The molecule has 0 aromatic carbocycles. The summed E-state index contributed by atoms with van der Waals surface area (Å²) in [5.74, 6) is 0.177. The smallest absolute Gasteiger partial charge is 0.404 e. The molecule has 0 saturated carbocycles. The lowest BCUT2D eigenvalue weighted by atomic mass is 10.0. The Balaban J connectivity index is 3.84. The van der Waals surface area contributed by atoms with Crippen LogP contribution < -0.4 is 5.32 Å². The third-order valence-electron chi connectivity index (χ3n) is 1.84. The number of nitrogens with one attached hydrogen (secondary N) is 1. The fourth-order valence-corrected chi connectivity index (χ4v) is 0.811. The van der Waals surface area contributed by atoms with Crippen LogP contribution in [0.15, 0.2) is 0 Å². The van der Waals surface area contributed by atoms with Gasteiger partial charge in [-0.2, -0.15) is 0 Å². The summed E-state index contributed by atoms with van der Waals surface area (Å²) in [5.41, 5.74) is 0. The highest BCUT2D eigenvalue weighted by Gasteiger charge is 2.15. The Hall–Kier alpha value is -0.770. The normalized spacial score (nSPS) is 15.5. The van der Waals surface area contributed by atoms with Gasteiger partial charge in [-0.25, -0.2) is 4.79 Å². The van der Waals surface area contributed by atoms with Gasteiger partial charge < -0.3 is 15.5 Å². The van der Waals surface area contributed by atoms with Gasteiger partial charge in [0, 0.05) is 0 Å². The molecule has 11 heavy (non-hydrogen) atoms. The van der Waals surface area contributed by atoms with Crippen LogP contribution in [0.5, 0.6) is 0 Å². The number of aliphatic hydroxyl groups is 1. The molecule has 0 rings (SSSR count). The van der Waals surface area contributed by atoms with E-state index >= 15 is 0 Å². The maximum absolute atomic E-state index is 10.2. The zero-order chi connectivity index (χ0) is 8.85. The number of carboxylic acid groups (broad SMARTS) is 1. The molecular weight excluding hydrogens is 146 g/mol. The fourth-order valence-electron chi connectivity index (χ4n) is 0.811. The fraction of sp³-hybridized carbons (Fsp3) is 0.857. The van der Waals surface area contributed by atoms with Gasteiger partial charge in [-0.1, -0.05) is 20.3 Å². The van der Waals surface area contributed by atoms with Crippen LogP contribution in [0.25, 0.3) is 0 Å². The third-order valence-corrected chi connectivity index (χ3v) is 1.84. The van der Waals surface area contributed by atoms with Gasteiger partial charge in [0.15, 0.2) is 0 Å². The molecule has 4 heteroatoms. The minimum atomic E-state index is -1.08. The van der Waals surface area contributed by atoms with E-state index in [1.165, 1.54) is 0 Å². The van der Waals surface area contributed by atoms with Crippen molar-refractivity contribution in [2.24, 2.45) is 5.92 Å². The lowest BCUT2D eigenvalue weighted by molar-refractivity contribution is 0.163. The Morgan fingerprint density at radius 1 is 1.64 bits per heavy atom. The molecule has 0 aromatic rings. The average Bonchev–Trinajstić information content (AvgIpc) is 1.98. The molecule has 0 heterocycles. The molecule has 1 unspecified atom stereocenters. The lowest BCUT2D eigenvalue weighted by Crippen LogP contribution is -2.41. The van der Waals surface area contributed by atoms with E-state index in [1.54, 1.807) is 0 Å². The molecule has 0 aliphatic rings. The van der Waals surface area contributed by atoms with Crippen LogP contribution in [0.2, 0.25) is 0 Å². The Morgan fingerprint density at radius 3 is 2.45 bits per heavy atom. The quantitative estimate of drug-likeness (QED) is 0.567. The Bertz CT molecular complexity index is 127. The van der Waals surface area contributed by atoms with Gasteiger partial charge >= 0.3 is 6.09 Å². The summed E-state index contributed by atoms with van der Waals surface area (Å²) in [6.07, 6.45) is -0.227. The van der Waals surface area contributed by atoms with Gasteiger partial charge in [0.05, 0.1) is 12.6 Å². The summed E-state index contributed by atoms with van der Waals surface area (Å²) in [6, 6.07) is -0.336. The SMILES string of the molecule is CCC(C)[C@@H](CO)NC(=O)O. The Labute approximate surface area is 66.2 Å². The first-order valence-corrected chi connectivity index (χ1v) is 3.72. The molecule has 2 atom stereocenters. The van der Waals surface area contributed by atoms with E-state index in [-0.39, 0.29) is 18.6 Å². The third kappa shape index (κ3) is 3.83. The summed E-state index contributed by atoms with van der Waals surface area (Å²) in [6.45, 7) is 3.72. The maximum atomic E-state index is 10.2. The van der Waals surface area contributed by atoms with Crippen LogP contribution in [-0.2, 0) is 0 Å². The number of amides is 1. The number of hydrogen-bond acceptors (Lipinski definition) is 2. The minimum absolute atomic E-state index is 0.138. The van der Waals surface area contributed by atoms with E-state index in [4.69, 9.17) is 10.2 Å². The van der Waals surface area contributed by atoms with Crippen molar-refractivity contribution in [2.45, 2.75) is 26.3 Å². The lowest BCUT2D eigenvalue weighted by Gasteiger charge is -2.19. The monoisotopic (exact) mass is 161 g/mol. The van der Waals surface area contributed by atoms with Crippen molar-refractivity contribution >= 4 is 6.09 Å². The van der Waals surface area contributed by atoms with Crippen LogP contribution >= 0.6 is 0 Å². The molecule has 0 spiro atoms. The summed E-state index contributed by atoms with van der Waals surface area (Å²) in [5, 5.41) is 19.3. The van der Waals surface area contributed by atoms with Crippen LogP contribution in [0.1, 0.15) is 20.3 Å². The van der Waals surface area contributed by atoms with Crippen molar-refractivity contribution < 1.29 is 15.0 Å². The van der Waals surface area contributed by atoms with Gasteiger partial charge in [0.25, 0.3) is 0 Å². The number of rotatable bonds is 4. The van der Waals surface area contributed by atoms with Gasteiger partial charge in [-0.15, -0.1) is 0 Å². The minimum Gasteiger partial charge on any atom is -0.465 e. The van der Waals surface area contributed by atoms with E-state index in [9.17, 15) is 4.79 Å². The second-order valence-corrected chi connectivity index (χ2v) is 2.62. The summed E-state index contributed by atoms with van der Waals surface area (Å²) < 4.78 is 0. The number of aliphatic hydroxyl groups excluding tert-OH is 1. The molecule has 0 aliphatic carbocycles. The van der Waals surface area contributed by atoms with Crippen molar-refractivity contribution in [2.75, 3.05) is 6.61 Å². The summed E-state index contributed by atoms with van der Waals surface area (Å²) in [4.78, 5) is 10.2. The zero-order valence-electron chi connectivity index (χ0n) is 6.87. The van der Waals surface area contributed by atoms with Crippen LogP contribution in [-0.4, -0.2) is 29.0 Å². The second-order valence-electron chi connectivity index (χ2n) is 2.62. The van der Waals surface area contributed by atoms with Crippen molar-refractivity contribution in [1.82, 2.24) is 5.32 Å². The topological polar surface area (TPSA) is 69.6 Å². The number of carbonyl (C=O) groups is 1. The largest absolute Gasteiger partial charge is 0.465 e. The van der Waals surface area contributed by atoms with E-state index in [0.717, 1.165) is 6.42 Å². The molecule has 0 aliphatic heterocycles. The van der Waals surface area contributed by atoms with Crippen LogP contribution in [0.3, 0.4) is 0 Å². The molecule has 3 N–H and O–H groups in total. The second kappa shape index (κ2) is 4.96. The van der Waals surface area contributed by atoms with E-state index < -0.39 is 6.09 Å². The number of hydrogen-bond donors (Lipinski definition) is 3. The van der Waals surface area contributed by atoms with Crippen molar-refractivity contribution in [3.63, 3.8) is 0 Å². The highest BCUT2D eigenvalue weighted by atomic mass is 16.4. The van der Waals surface area contributed by atoms with E-state index in [2.05, 4.69) is 5.32 Å². The Kier molecular flexibility index (Phi) is 4.61. The summed E-state index contributed by atoms with van der Waals surface area (Å²) in [7, 11) is 0. The molecule has 4 nitrogen and oxygen atoms in total. The first kappa shape index (κ1) is 10.2. The van der Waals surface area contributed by atoms with Gasteiger partial charge in [0.1, 0.15) is 0 Å². The first-order valence-electron chi connectivity index (χ1n) is 3.72. The molecule has 0 bridgehead atoms. The van der Waals surface area contributed by atoms with Crippen LogP contribution in [0, 0.1) is 5.92 Å². The molecule has 0 fully saturated rings. The Morgan fingerprint density at radius 2 is 2.18 bits per heavy atom. The van der Waals surface area contributed by atoms with E-state index in [1.807, 2.05) is 13.8 Å². The first-order chi connectivity index (χ1) is 5.11. The van der Waals surface area contributed by atoms with Gasteiger partial charge in [-0.3, -0.25) is 0 Å².